The highest BCUT2D eigenvalue weighted by Gasteiger charge is 2.28. The van der Waals surface area contributed by atoms with Gasteiger partial charge in [0.1, 0.15) is 19.3 Å². The highest BCUT2D eigenvalue weighted by Crippen LogP contribution is 2.32. The molecule has 0 aliphatic carbocycles. The molecule has 3 aromatic carbocycles. The van der Waals surface area contributed by atoms with E-state index in [4.69, 9.17) is 9.47 Å². The maximum Gasteiger partial charge on any atom is 0.287 e. The van der Waals surface area contributed by atoms with E-state index < -0.39 is 0 Å². The Morgan fingerprint density at radius 3 is 2.42 bits per heavy atom. The maximum absolute atomic E-state index is 13.4. The van der Waals surface area contributed by atoms with Gasteiger partial charge >= 0.3 is 0 Å². The smallest absolute Gasteiger partial charge is 0.287 e. The quantitative estimate of drug-likeness (QED) is 0.635. The second-order valence-corrected chi connectivity index (χ2v) is 8.08. The van der Waals surface area contributed by atoms with Crippen molar-refractivity contribution in [2.45, 2.75) is 32.9 Å². The normalized spacial score (nSPS) is 14.5. The number of ether oxygens (including phenoxy) is 2. The second kappa shape index (κ2) is 9.23. The van der Waals surface area contributed by atoms with Crippen LogP contribution in [-0.2, 0) is 4.79 Å². The van der Waals surface area contributed by atoms with Gasteiger partial charge in [-0.25, -0.2) is 0 Å². The minimum absolute atomic E-state index is 0.0377. The summed E-state index contributed by atoms with van der Waals surface area (Å²) in [6.45, 7) is 7.27. The van der Waals surface area contributed by atoms with Gasteiger partial charge in [0, 0.05) is 16.8 Å². The van der Waals surface area contributed by atoms with Gasteiger partial charge in [-0.1, -0.05) is 42.5 Å². The molecule has 0 bridgehead atoms. The summed E-state index contributed by atoms with van der Waals surface area (Å²) in [5.74, 6) is 1.50. The van der Waals surface area contributed by atoms with Crippen LogP contribution in [-0.4, -0.2) is 19.1 Å². The van der Waals surface area contributed by atoms with Gasteiger partial charge in [0.25, 0.3) is 5.91 Å². The number of rotatable bonds is 6. The highest BCUT2D eigenvalue weighted by atomic mass is 16.6. The number of anilines is 1. The van der Waals surface area contributed by atoms with Crippen molar-refractivity contribution in [3.63, 3.8) is 0 Å². The lowest BCUT2D eigenvalue weighted by atomic mass is 10.0. The molecular formula is C26H29N2O3+. The van der Waals surface area contributed by atoms with Crippen LogP contribution in [0, 0.1) is 13.8 Å². The van der Waals surface area contributed by atoms with Crippen molar-refractivity contribution in [1.82, 2.24) is 0 Å². The molecule has 1 heterocycles. The van der Waals surface area contributed by atoms with E-state index in [9.17, 15) is 4.79 Å². The Kier molecular flexibility index (Phi) is 6.23. The molecule has 0 unspecified atom stereocenters. The third-order valence-corrected chi connectivity index (χ3v) is 5.67. The minimum Gasteiger partial charge on any atom is -0.486 e. The number of benzene rings is 3. The fourth-order valence-corrected chi connectivity index (χ4v) is 3.83. The number of carbonyl (C=O) groups excluding carboxylic acids is 1. The molecule has 0 aromatic heterocycles. The lowest BCUT2D eigenvalue weighted by Crippen LogP contribution is -2.87. The van der Waals surface area contributed by atoms with E-state index in [0.717, 1.165) is 39.4 Å². The Hall–Kier alpha value is -3.31. The molecule has 160 valence electrons. The predicted octanol–water partition coefficient (Wildman–Crippen LogP) is 4.08. The van der Waals surface area contributed by atoms with Crippen LogP contribution in [0.3, 0.4) is 0 Å². The van der Waals surface area contributed by atoms with Crippen molar-refractivity contribution in [3.8, 4) is 11.5 Å². The van der Waals surface area contributed by atoms with Crippen LogP contribution in [0.1, 0.15) is 41.3 Å². The third-order valence-electron chi connectivity index (χ3n) is 5.67. The van der Waals surface area contributed by atoms with Gasteiger partial charge < -0.3 is 20.1 Å². The van der Waals surface area contributed by atoms with Crippen LogP contribution >= 0.6 is 0 Å². The van der Waals surface area contributed by atoms with E-state index in [2.05, 4.69) is 23.6 Å². The van der Waals surface area contributed by atoms with Crippen molar-refractivity contribution in [2.75, 3.05) is 18.5 Å². The molecule has 0 saturated heterocycles. The summed E-state index contributed by atoms with van der Waals surface area (Å²) >= 11 is 0. The van der Waals surface area contributed by atoms with E-state index in [1.54, 1.807) is 0 Å². The molecule has 2 atom stereocenters. The average Bonchev–Trinajstić information content (AvgIpc) is 2.80. The molecular weight excluding hydrogens is 388 g/mol. The van der Waals surface area contributed by atoms with Crippen molar-refractivity contribution in [1.29, 1.82) is 0 Å². The fraction of sp³-hybridized carbons (Fsp3) is 0.269. The van der Waals surface area contributed by atoms with Gasteiger partial charge in [-0.15, -0.1) is 0 Å². The number of nitrogens with one attached hydrogen (secondary N) is 1. The van der Waals surface area contributed by atoms with Gasteiger partial charge in [0.15, 0.2) is 17.5 Å². The van der Waals surface area contributed by atoms with Gasteiger partial charge in [0.2, 0.25) is 0 Å². The lowest BCUT2D eigenvalue weighted by molar-refractivity contribution is -0.718. The topological polar surface area (TPSA) is 64.2 Å². The first-order valence-electron chi connectivity index (χ1n) is 10.7. The number of aryl methyl sites for hydroxylation is 2. The molecule has 0 fully saturated rings. The third kappa shape index (κ3) is 4.89. The summed E-state index contributed by atoms with van der Waals surface area (Å²) in [6, 6.07) is 21.7. The largest absolute Gasteiger partial charge is 0.486 e. The van der Waals surface area contributed by atoms with E-state index >= 15 is 0 Å². The van der Waals surface area contributed by atoms with Crippen molar-refractivity contribution >= 4 is 11.6 Å². The molecule has 5 heteroatoms. The monoisotopic (exact) mass is 417 g/mol. The van der Waals surface area contributed by atoms with Gasteiger partial charge in [-0.2, -0.15) is 0 Å². The summed E-state index contributed by atoms with van der Waals surface area (Å²) in [5, 5.41) is 5.24. The first-order chi connectivity index (χ1) is 15.0. The number of fused-ring (bicyclic) bond motifs is 1. The predicted molar refractivity (Wildman–Crippen MR) is 122 cm³/mol. The molecule has 5 nitrogen and oxygen atoms in total. The molecule has 4 rings (SSSR count). The average molecular weight is 418 g/mol. The summed E-state index contributed by atoms with van der Waals surface area (Å²) < 4.78 is 11.4. The lowest BCUT2D eigenvalue weighted by Gasteiger charge is -2.23. The van der Waals surface area contributed by atoms with Crippen molar-refractivity contribution in [2.24, 2.45) is 0 Å². The van der Waals surface area contributed by atoms with Crippen LogP contribution in [0.15, 0.2) is 66.7 Å². The Labute approximate surface area is 183 Å². The van der Waals surface area contributed by atoms with Crippen LogP contribution in [0.2, 0.25) is 0 Å². The summed E-state index contributed by atoms with van der Waals surface area (Å²) in [6.07, 6.45) is 0. The van der Waals surface area contributed by atoms with Crippen LogP contribution < -0.4 is 20.1 Å². The van der Waals surface area contributed by atoms with E-state index in [0.29, 0.717) is 13.2 Å². The number of hydrogen-bond acceptors (Lipinski definition) is 3. The molecule has 3 aromatic rings. The van der Waals surface area contributed by atoms with Crippen LogP contribution in [0.4, 0.5) is 5.69 Å². The van der Waals surface area contributed by atoms with Crippen LogP contribution in [0.5, 0.6) is 11.5 Å². The van der Waals surface area contributed by atoms with E-state index in [-0.39, 0.29) is 18.0 Å². The molecule has 1 aliphatic rings. The summed E-state index contributed by atoms with van der Waals surface area (Å²) in [5.41, 5.74) is 5.07. The van der Waals surface area contributed by atoms with Gasteiger partial charge in [0.05, 0.1) is 0 Å². The Morgan fingerprint density at radius 2 is 1.65 bits per heavy atom. The molecule has 0 spiro atoms. The van der Waals surface area contributed by atoms with E-state index in [1.807, 2.05) is 74.5 Å². The first-order valence-corrected chi connectivity index (χ1v) is 10.7. The number of amides is 1. The number of hydrogen-bond donors (Lipinski definition) is 2. The molecule has 1 amide bonds. The zero-order valence-corrected chi connectivity index (χ0v) is 18.2. The SMILES string of the molecule is Cc1ccc(C)c(NC(=O)[C@H]([NH2+][C@@H](C)c2ccc3c(c2)OCCO3)c2ccccc2)c1. The fourth-order valence-electron chi connectivity index (χ4n) is 3.83. The van der Waals surface area contributed by atoms with Gasteiger partial charge in [-0.05, 0) is 56.2 Å². The summed E-state index contributed by atoms with van der Waals surface area (Å²) in [7, 11) is 0. The number of quaternary nitrogens is 1. The maximum atomic E-state index is 13.4. The number of carbonyl (C=O) groups is 1. The minimum atomic E-state index is -0.385. The van der Waals surface area contributed by atoms with Crippen molar-refractivity contribution in [3.05, 3.63) is 89.0 Å². The summed E-state index contributed by atoms with van der Waals surface area (Å²) in [4.78, 5) is 13.4. The molecule has 0 radical (unpaired) electrons. The van der Waals surface area contributed by atoms with E-state index in [1.165, 1.54) is 0 Å². The highest BCUT2D eigenvalue weighted by molar-refractivity contribution is 5.95. The zero-order valence-electron chi connectivity index (χ0n) is 18.2. The molecule has 0 saturated carbocycles. The number of nitrogens with two attached hydrogens (primary N) is 1. The Balaban J connectivity index is 1.58. The standard InChI is InChI=1S/C26H28N2O3/c1-17-9-10-18(2)22(15-17)28-26(29)25(20-7-5-4-6-8-20)27-19(3)21-11-12-23-24(16-21)31-14-13-30-23/h4-12,15-16,19,25,27H,13-14H2,1-3H3,(H,28,29)/p+1/t19-,25+/m0/s1. The first kappa shape index (κ1) is 20.9. The Bertz CT molecular complexity index is 1070. The Morgan fingerprint density at radius 1 is 0.903 bits per heavy atom. The molecule has 3 N–H and O–H groups in total. The van der Waals surface area contributed by atoms with Gasteiger partial charge in [-0.3, -0.25) is 4.79 Å². The zero-order chi connectivity index (χ0) is 21.8. The second-order valence-electron chi connectivity index (χ2n) is 8.08. The van der Waals surface area contributed by atoms with Crippen molar-refractivity contribution < 1.29 is 19.6 Å². The van der Waals surface area contributed by atoms with Crippen LogP contribution in [0.25, 0.3) is 0 Å². The molecule has 31 heavy (non-hydrogen) atoms. The molecule has 1 aliphatic heterocycles.